The minimum atomic E-state index is 0.111. The van der Waals surface area contributed by atoms with E-state index in [2.05, 4.69) is 23.4 Å². The first-order valence-electron chi connectivity index (χ1n) is 8.51. The Morgan fingerprint density at radius 3 is 2.92 bits per heavy atom. The first-order chi connectivity index (χ1) is 12.1. The van der Waals surface area contributed by atoms with E-state index in [-0.39, 0.29) is 18.4 Å². The topological polar surface area (TPSA) is 46.3 Å². The van der Waals surface area contributed by atoms with Crippen LogP contribution < -0.4 is 0 Å². The summed E-state index contributed by atoms with van der Waals surface area (Å²) in [6, 6.07) is 12.0. The average Bonchev–Trinajstić information content (AvgIpc) is 3.24. The number of fused-ring (bicyclic) bond motifs is 1. The maximum Gasteiger partial charge on any atom is 0.229 e. The maximum atomic E-state index is 12.9. The summed E-state index contributed by atoms with van der Waals surface area (Å²) in [4.78, 5) is 20.8. The number of hydrogen-bond acceptors (Lipinski definition) is 4. The molecule has 3 aromatic rings. The van der Waals surface area contributed by atoms with Gasteiger partial charge < -0.3 is 9.32 Å². The minimum Gasteiger partial charge on any atom is -0.441 e. The van der Waals surface area contributed by atoms with E-state index in [1.165, 1.54) is 10.4 Å². The Hall–Kier alpha value is -2.40. The highest BCUT2D eigenvalue weighted by atomic mass is 32.1. The molecule has 3 heterocycles. The second-order valence-electron chi connectivity index (χ2n) is 6.38. The van der Waals surface area contributed by atoms with Gasteiger partial charge in [0.05, 0.1) is 18.2 Å². The van der Waals surface area contributed by atoms with Crippen LogP contribution in [-0.4, -0.2) is 22.3 Å². The number of amides is 1. The molecule has 0 saturated carbocycles. The monoisotopic (exact) mass is 352 g/mol. The number of carbonyl (C=O) groups excluding carboxylic acids is 1. The summed E-state index contributed by atoms with van der Waals surface area (Å²) >= 11 is 1.78. The van der Waals surface area contributed by atoms with Crippen molar-refractivity contribution in [2.24, 2.45) is 0 Å². The number of rotatable bonds is 3. The van der Waals surface area contributed by atoms with Gasteiger partial charge in [-0.15, -0.1) is 11.3 Å². The standard InChI is InChI=1S/C20H20N2O2S/c1-13-16-9-11-25-18(16)8-10-22(13)19(23)12-17-14(2)24-20(21-17)15-6-4-3-5-7-15/h3-7,9,11,13H,8,10,12H2,1-2H3/t13-/m0/s1. The van der Waals surface area contributed by atoms with Crippen LogP contribution in [0.25, 0.3) is 11.5 Å². The Bertz CT molecular complexity index is 898. The Kier molecular flexibility index (Phi) is 4.17. The molecule has 2 aromatic heterocycles. The van der Waals surface area contributed by atoms with Gasteiger partial charge in [-0.1, -0.05) is 18.2 Å². The van der Waals surface area contributed by atoms with Crippen molar-refractivity contribution >= 4 is 17.2 Å². The molecular weight excluding hydrogens is 332 g/mol. The molecule has 1 atom stereocenters. The Labute approximate surface area is 151 Å². The number of benzene rings is 1. The van der Waals surface area contributed by atoms with E-state index in [9.17, 15) is 4.79 Å². The van der Waals surface area contributed by atoms with Crippen LogP contribution in [0.2, 0.25) is 0 Å². The molecule has 0 radical (unpaired) electrons. The lowest BCUT2D eigenvalue weighted by molar-refractivity contribution is -0.133. The van der Waals surface area contributed by atoms with Gasteiger partial charge in [0.25, 0.3) is 0 Å². The van der Waals surface area contributed by atoms with Gasteiger partial charge in [-0.3, -0.25) is 4.79 Å². The van der Waals surface area contributed by atoms with Gasteiger partial charge in [0.2, 0.25) is 11.8 Å². The summed E-state index contributed by atoms with van der Waals surface area (Å²) in [5.74, 6) is 1.40. The van der Waals surface area contributed by atoms with E-state index in [1.54, 1.807) is 11.3 Å². The predicted molar refractivity (Wildman–Crippen MR) is 98.5 cm³/mol. The SMILES string of the molecule is Cc1oc(-c2ccccc2)nc1CC(=O)N1CCc2sccc2[C@@H]1C. The highest BCUT2D eigenvalue weighted by Crippen LogP contribution is 2.33. The summed E-state index contributed by atoms with van der Waals surface area (Å²) in [6.07, 6.45) is 1.22. The molecule has 1 amide bonds. The molecule has 128 valence electrons. The molecule has 25 heavy (non-hydrogen) atoms. The largest absolute Gasteiger partial charge is 0.441 e. The van der Waals surface area contributed by atoms with Crippen LogP contribution in [0.1, 0.15) is 34.9 Å². The summed E-state index contributed by atoms with van der Waals surface area (Å²) in [5, 5.41) is 2.11. The third-order valence-electron chi connectivity index (χ3n) is 4.83. The van der Waals surface area contributed by atoms with Gasteiger partial charge in [0.1, 0.15) is 5.76 Å². The van der Waals surface area contributed by atoms with E-state index >= 15 is 0 Å². The first-order valence-corrected chi connectivity index (χ1v) is 9.39. The zero-order valence-corrected chi connectivity index (χ0v) is 15.2. The molecule has 0 saturated heterocycles. The lowest BCUT2D eigenvalue weighted by Crippen LogP contribution is -2.39. The lowest BCUT2D eigenvalue weighted by atomic mass is 10.0. The number of thiophene rings is 1. The molecule has 4 nitrogen and oxygen atoms in total. The second-order valence-corrected chi connectivity index (χ2v) is 7.38. The molecular formula is C20H20N2O2S. The van der Waals surface area contributed by atoms with Crippen LogP contribution in [0, 0.1) is 6.92 Å². The summed E-state index contributed by atoms with van der Waals surface area (Å²) in [7, 11) is 0. The Morgan fingerprint density at radius 1 is 1.32 bits per heavy atom. The second kappa shape index (κ2) is 6.48. The van der Waals surface area contributed by atoms with Crippen LogP contribution in [0.3, 0.4) is 0 Å². The molecule has 0 aliphatic carbocycles. The van der Waals surface area contributed by atoms with Crippen molar-refractivity contribution in [2.45, 2.75) is 32.7 Å². The van der Waals surface area contributed by atoms with Gasteiger partial charge in [-0.05, 0) is 49.4 Å². The number of hydrogen-bond donors (Lipinski definition) is 0. The van der Waals surface area contributed by atoms with Crippen LogP contribution in [-0.2, 0) is 17.6 Å². The van der Waals surface area contributed by atoms with Gasteiger partial charge in [0, 0.05) is 17.0 Å². The number of aryl methyl sites for hydroxylation is 1. The van der Waals surface area contributed by atoms with Crippen molar-refractivity contribution in [3.05, 3.63) is 63.7 Å². The quantitative estimate of drug-likeness (QED) is 0.702. The van der Waals surface area contributed by atoms with Crippen molar-refractivity contribution in [2.75, 3.05) is 6.54 Å². The fraction of sp³-hybridized carbons (Fsp3) is 0.300. The number of carbonyl (C=O) groups is 1. The third-order valence-corrected chi connectivity index (χ3v) is 5.83. The van der Waals surface area contributed by atoms with Crippen molar-refractivity contribution in [1.82, 2.24) is 9.88 Å². The van der Waals surface area contributed by atoms with E-state index in [0.717, 1.165) is 24.2 Å². The summed E-state index contributed by atoms with van der Waals surface area (Å²) in [6.45, 7) is 4.75. The number of nitrogens with zero attached hydrogens (tertiary/aromatic N) is 2. The smallest absolute Gasteiger partial charge is 0.229 e. The molecule has 5 heteroatoms. The molecule has 1 aromatic carbocycles. The molecule has 1 aliphatic rings. The van der Waals surface area contributed by atoms with Crippen molar-refractivity contribution < 1.29 is 9.21 Å². The van der Waals surface area contributed by atoms with Crippen LogP contribution in [0.5, 0.6) is 0 Å². The zero-order chi connectivity index (χ0) is 17.4. The number of aromatic nitrogens is 1. The fourth-order valence-electron chi connectivity index (χ4n) is 3.39. The summed E-state index contributed by atoms with van der Waals surface area (Å²) < 4.78 is 5.78. The third kappa shape index (κ3) is 3.00. The number of oxazole rings is 1. The van der Waals surface area contributed by atoms with E-state index < -0.39 is 0 Å². The Morgan fingerprint density at radius 2 is 2.12 bits per heavy atom. The predicted octanol–water partition coefficient (Wildman–Crippen LogP) is 4.40. The lowest BCUT2D eigenvalue weighted by Gasteiger charge is -2.33. The highest BCUT2D eigenvalue weighted by Gasteiger charge is 2.29. The zero-order valence-electron chi connectivity index (χ0n) is 14.4. The van der Waals surface area contributed by atoms with Crippen molar-refractivity contribution in [3.63, 3.8) is 0 Å². The van der Waals surface area contributed by atoms with E-state index in [1.807, 2.05) is 42.2 Å². The molecule has 0 unspecified atom stereocenters. The van der Waals surface area contributed by atoms with Crippen LogP contribution in [0.15, 0.2) is 46.2 Å². The molecule has 0 N–H and O–H groups in total. The molecule has 0 fully saturated rings. The van der Waals surface area contributed by atoms with Crippen molar-refractivity contribution in [1.29, 1.82) is 0 Å². The van der Waals surface area contributed by atoms with Crippen molar-refractivity contribution in [3.8, 4) is 11.5 Å². The van der Waals surface area contributed by atoms with E-state index in [4.69, 9.17) is 4.42 Å². The van der Waals surface area contributed by atoms with Gasteiger partial charge in [-0.25, -0.2) is 4.98 Å². The summed E-state index contributed by atoms with van der Waals surface area (Å²) in [5.41, 5.74) is 2.94. The minimum absolute atomic E-state index is 0.111. The first kappa shape index (κ1) is 16.1. The highest BCUT2D eigenvalue weighted by molar-refractivity contribution is 7.10. The van der Waals surface area contributed by atoms with Gasteiger partial charge in [0.15, 0.2) is 0 Å². The molecule has 1 aliphatic heterocycles. The van der Waals surface area contributed by atoms with Crippen LogP contribution >= 0.6 is 11.3 Å². The van der Waals surface area contributed by atoms with Gasteiger partial charge >= 0.3 is 0 Å². The molecule has 0 bridgehead atoms. The molecule has 0 spiro atoms. The van der Waals surface area contributed by atoms with E-state index in [0.29, 0.717) is 11.7 Å². The maximum absolute atomic E-state index is 12.9. The van der Waals surface area contributed by atoms with Gasteiger partial charge in [-0.2, -0.15) is 0 Å². The fourth-order valence-corrected chi connectivity index (χ4v) is 4.35. The average molecular weight is 352 g/mol. The normalized spacial score (nSPS) is 16.7. The Balaban J connectivity index is 1.53. The van der Waals surface area contributed by atoms with Crippen LogP contribution in [0.4, 0.5) is 0 Å². The molecule has 4 rings (SSSR count).